The van der Waals surface area contributed by atoms with Crippen molar-refractivity contribution in [1.82, 2.24) is 5.32 Å². The van der Waals surface area contributed by atoms with Gasteiger partial charge in [0.15, 0.2) is 0 Å². The predicted molar refractivity (Wildman–Crippen MR) is 84.2 cm³/mol. The summed E-state index contributed by atoms with van der Waals surface area (Å²) >= 11 is 0. The van der Waals surface area contributed by atoms with E-state index in [0.29, 0.717) is 13.1 Å². The molecule has 110 valence electrons. The Morgan fingerprint density at radius 1 is 0.952 bits per heavy atom. The molecule has 4 N–H and O–H groups in total. The molecule has 0 unspecified atom stereocenters. The number of anilines is 1. The summed E-state index contributed by atoms with van der Waals surface area (Å²) in [6.45, 7) is 1.03. The van der Waals surface area contributed by atoms with Crippen molar-refractivity contribution in [3.05, 3.63) is 54.6 Å². The third-order valence-electron chi connectivity index (χ3n) is 3.91. The number of β-amino-alcohol motifs (C(OH)–C–C–N with tert-alkyl or cyclic N) is 1. The van der Waals surface area contributed by atoms with Crippen LogP contribution in [0.3, 0.4) is 0 Å². The minimum Gasteiger partial charge on any atom is -0.389 e. The first kappa shape index (κ1) is 14.1. The molecule has 0 amide bonds. The third kappa shape index (κ3) is 3.24. The maximum absolute atomic E-state index is 9.78. The minimum absolute atomic E-state index is 0.117. The number of aliphatic hydroxyl groups excluding tert-OH is 2. The van der Waals surface area contributed by atoms with Gasteiger partial charge in [0, 0.05) is 18.8 Å². The molecule has 1 aliphatic rings. The molecule has 0 aliphatic carbocycles. The summed E-state index contributed by atoms with van der Waals surface area (Å²) in [4.78, 5) is 0. The van der Waals surface area contributed by atoms with Gasteiger partial charge in [-0.05, 0) is 23.3 Å². The van der Waals surface area contributed by atoms with E-state index in [4.69, 9.17) is 0 Å². The molecule has 0 radical (unpaired) electrons. The van der Waals surface area contributed by atoms with Gasteiger partial charge in [-0.2, -0.15) is 0 Å². The second kappa shape index (κ2) is 6.26. The summed E-state index contributed by atoms with van der Waals surface area (Å²) in [5, 5.41) is 25.6. The van der Waals surface area contributed by atoms with Crippen LogP contribution in [0.4, 0.5) is 5.69 Å². The van der Waals surface area contributed by atoms with Crippen molar-refractivity contribution >= 4 is 5.69 Å². The van der Waals surface area contributed by atoms with E-state index in [9.17, 15) is 10.2 Å². The maximum Gasteiger partial charge on any atom is 0.0981 e. The zero-order valence-electron chi connectivity index (χ0n) is 11.7. The van der Waals surface area contributed by atoms with Gasteiger partial charge in [-0.15, -0.1) is 0 Å². The van der Waals surface area contributed by atoms with E-state index in [1.165, 1.54) is 11.1 Å². The summed E-state index contributed by atoms with van der Waals surface area (Å²) in [6, 6.07) is 18.3. The molecule has 3 atom stereocenters. The Morgan fingerprint density at radius 2 is 1.62 bits per heavy atom. The van der Waals surface area contributed by atoms with E-state index in [-0.39, 0.29) is 6.04 Å². The van der Waals surface area contributed by atoms with Gasteiger partial charge in [0.25, 0.3) is 0 Å². The zero-order chi connectivity index (χ0) is 14.7. The first-order valence-corrected chi connectivity index (χ1v) is 7.23. The molecule has 2 aromatic rings. The molecule has 2 aromatic carbocycles. The van der Waals surface area contributed by atoms with Gasteiger partial charge in [-0.1, -0.05) is 42.5 Å². The monoisotopic (exact) mass is 284 g/mol. The molecule has 0 spiro atoms. The van der Waals surface area contributed by atoms with Crippen LogP contribution >= 0.6 is 0 Å². The van der Waals surface area contributed by atoms with Crippen LogP contribution in [0.2, 0.25) is 0 Å². The third-order valence-corrected chi connectivity index (χ3v) is 3.91. The first-order valence-electron chi connectivity index (χ1n) is 7.23. The van der Waals surface area contributed by atoms with Crippen LogP contribution in [0, 0.1) is 0 Å². The molecule has 0 aromatic heterocycles. The Bertz CT molecular complexity index is 571. The average molecular weight is 284 g/mol. The molecule has 0 bridgehead atoms. The van der Waals surface area contributed by atoms with Crippen LogP contribution in [0.5, 0.6) is 0 Å². The average Bonchev–Trinajstić information content (AvgIpc) is 2.86. The summed E-state index contributed by atoms with van der Waals surface area (Å²) in [5.41, 5.74) is 3.38. The highest BCUT2D eigenvalue weighted by Gasteiger charge is 2.32. The van der Waals surface area contributed by atoms with Crippen molar-refractivity contribution in [3.8, 4) is 11.1 Å². The number of benzene rings is 2. The number of hydrogen-bond acceptors (Lipinski definition) is 4. The Kier molecular flexibility index (Phi) is 4.20. The Morgan fingerprint density at radius 3 is 2.24 bits per heavy atom. The van der Waals surface area contributed by atoms with Crippen LogP contribution in [0.1, 0.15) is 0 Å². The fourth-order valence-electron chi connectivity index (χ4n) is 2.61. The molecule has 1 fully saturated rings. The SMILES string of the molecule is O[C@H]1[C@@H](O)CN[C@@H]1CNc1ccc(-c2ccccc2)cc1. The lowest BCUT2D eigenvalue weighted by molar-refractivity contribution is 0.0427. The van der Waals surface area contributed by atoms with Crippen LogP contribution in [-0.2, 0) is 0 Å². The van der Waals surface area contributed by atoms with Crippen molar-refractivity contribution in [2.45, 2.75) is 18.2 Å². The largest absolute Gasteiger partial charge is 0.389 e. The number of hydrogen-bond donors (Lipinski definition) is 4. The van der Waals surface area contributed by atoms with Crippen molar-refractivity contribution in [2.24, 2.45) is 0 Å². The van der Waals surface area contributed by atoms with Gasteiger partial charge in [0.2, 0.25) is 0 Å². The molecule has 3 rings (SSSR count). The van der Waals surface area contributed by atoms with E-state index in [0.717, 1.165) is 5.69 Å². The van der Waals surface area contributed by atoms with Crippen LogP contribution < -0.4 is 10.6 Å². The molecule has 1 saturated heterocycles. The molecule has 0 saturated carbocycles. The van der Waals surface area contributed by atoms with E-state index < -0.39 is 12.2 Å². The number of rotatable bonds is 4. The smallest absolute Gasteiger partial charge is 0.0981 e. The topological polar surface area (TPSA) is 64.5 Å². The second-order valence-electron chi connectivity index (χ2n) is 5.40. The lowest BCUT2D eigenvalue weighted by Crippen LogP contribution is -2.38. The Hall–Kier alpha value is -1.88. The minimum atomic E-state index is -0.707. The maximum atomic E-state index is 9.78. The van der Waals surface area contributed by atoms with Crippen molar-refractivity contribution in [1.29, 1.82) is 0 Å². The van der Waals surface area contributed by atoms with Gasteiger partial charge < -0.3 is 20.8 Å². The van der Waals surface area contributed by atoms with E-state index >= 15 is 0 Å². The second-order valence-corrected chi connectivity index (χ2v) is 5.40. The fourth-order valence-corrected chi connectivity index (χ4v) is 2.61. The van der Waals surface area contributed by atoms with Gasteiger partial charge >= 0.3 is 0 Å². The summed E-state index contributed by atoms with van der Waals surface area (Å²) < 4.78 is 0. The van der Waals surface area contributed by atoms with Crippen molar-refractivity contribution in [2.75, 3.05) is 18.4 Å². The Balaban J connectivity index is 1.60. The van der Waals surface area contributed by atoms with E-state index in [2.05, 4.69) is 34.9 Å². The van der Waals surface area contributed by atoms with Gasteiger partial charge in [0.1, 0.15) is 0 Å². The molecule has 1 heterocycles. The first-order chi connectivity index (χ1) is 10.2. The van der Waals surface area contributed by atoms with Crippen molar-refractivity contribution < 1.29 is 10.2 Å². The Labute approximate surface area is 124 Å². The highest BCUT2D eigenvalue weighted by Crippen LogP contribution is 2.21. The lowest BCUT2D eigenvalue weighted by atomic mass is 10.1. The molecule has 4 nitrogen and oxygen atoms in total. The normalized spacial score (nSPS) is 25.0. The molecule has 21 heavy (non-hydrogen) atoms. The number of nitrogens with one attached hydrogen (secondary N) is 2. The van der Waals surface area contributed by atoms with Crippen LogP contribution in [-0.4, -0.2) is 41.6 Å². The fraction of sp³-hybridized carbons (Fsp3) is 0.294. The number of aliphatic hydroxyl groups is 2. The summed E-state index contributed by atoms with van der Waals surface area (Å²) in [5.74, 6) is 0. The lowest BCUT2D eigenvalue weighted by Gasteiger charge is -2.17. The predicted octanol–water partition coefficient (Wildman–Crippen LogP) is 1.46. The molecular weight excluding hydrogens is 264 g/mol. The summed E-state index contributed by atoms with van der Waals surface area (Å²) in [6.07, 6.45) is -1.38. The van der Waals surface area contributed by atoms with Gasteiger partial charge in [-0.25, -0.2) is 0 Å². The van der Waals surface area contributed by atoms with Crippen LogP contribution in [0.25, 0.3) is 11.1 Å². The molecular formula is C17H20N2O2. The molecule has 1 aliphatic heterocycles. The zero-order valence-corrected chi connectivity index (χ0v) is 11.7. The van der Waals surface area contributed by atoms with Crippen LogP contribution in [0.15, 0.2) is 54.6 Å². The van der Waals surface area contributed by atoms with Gasteiger partial charge in [0.05, 0.1) is 18.2 Å². The molecule has 4 heteroatoms. The standard InChI is InChI=1S/C17H20N2O2/c20-16-11-19-15(17(16)21)10-18-14-8-6-13(7-9-14)12-4-2-1-3-5-12/h1-9,15-21H,10-11H2/t15-,16+,17-/m1/s1. The van der Waals surface area contributed by atoms with Crippen molar-refractivity contribution in [3.63, 3.8) is 0 Å². The van der Waals surface area contributed by atoms with Gasteiger partial charge in [-0.3, -0.25) is 0 Å². The highest BCUT2D eigenvalue weighted by atomic mass is 16.3. The van der Waals surface area contributed by atoms with E-state index in [1.807, 2.05) is 30.3 Å². The van der Waals surface area contributed by atoms with E-state index in [1.54, 1.807) is 0 Å². The quantitative estimate of drug-likeness (QED) is 0.686. The summed E-state index contributed by atoms with van der Waals surface area (Å²) in [7, 11) is 0. The highest BCUT2D eigenvalue weighted by molar-refractivity contribution is 5.65.